The van der Waals surface area contributed by atoms with Crippen LogP contribution >= 0.6 is 11.3 Å². The van der Waals surface area contributed by atoms with Crippen molar-refractivity contribution in [2.45, 2.75) is 0 Å². The largest absolute Gasteiger partial charge is 0.256 e. The van der Waals surface area contributed by atoms with Gasteiger partial charge in [0.2, 0.25) is 0 Å². The molecule has 0 fully saturated rings. The minimum Gasteiger partial charge on any atom is -0.256 e. The Hall–Kier alpha value is -6.23. The maximum atomic E-state index is 5.29. The van der Waals surface area contributed by atoms with Gasteiger partial charge in [-0.1, -0.05) is 127 Å². The molecule has 0 unspecified atom stereocenters. The Morgan fingerprint density at radius 2 is 1.04 bits per heavy atom. The van der Waals surface area contributed by atoms with Gasteiger partial charge in [-0.2, -0.15) is 0 Å². The molecule has 228 valence electrons. The van der Waals surface area contributed by atoms with E-state index in [0.717, 1.165) is 54.5 Å². The molecule has 10 aromatic rings. The fourth-order valence-corrected chi connectivity index (χ4v) is 8.41. The van der Waals surface area contributed by atoms with Crippen LogP contribution in [0.5, 0.6) is 0 Å². The predicted octanol–water partition coefficient (Wildman–Crippen LogP) is 12.4. The zero-order valence-electron chi connectivity index (χ0n) is 26.3. The molecule has 10 rings (SSSR count). The zero-order valence-corrected chi connectivity index (χ0v) is 27.2. The molecule has 0 amide bonds. The smallest absolute Gasteiger partial charge is 0.161 e. The lowest BCUT2D eigenvalue weighted by molar-refractivity contribution is 1.24. The third kappa shape index (κ3) is 4.53. The molecule has 0 atom stereocenters. The van der Waals surface area contributed by atoms with Crippen LogP contribution in [0, 0.1) is 0 Å². The summed E-state index contributed by atoms with van der Waals surface area (Å²) in [5, 5.41) is 6.98. The van der Waals surface area contributed by atoms with Crippen molar-refractivity contribution in [2.75, 3.05) is 0 Å². The number of rotatable bonds is 4. The van der Waals surface area contributed by atoms with E-state index in [4.69, 9.17) is 15.0 Å². The van der Waals surface area contributed by atoms with Crippen LogP contribution in [0.4, 0.5) is 0 Å². The quantitative estimate of drug-likeness (QED) is 0.180. The number of pyridine rings is 1. The first-order chi connectivity index (χ1) is 24.3. The van der Waals surface area contributed by atoms with E-state index in [1.807, 2.05) is 12.3 Å². The van der Waals surface area contributed by atoms with Gasteiger partial charge in [0.05, 0.1) is 21.4 Å². The van der Waals surface area contributed by atoms with Gasteiger partial charge in [-0.05, 0) is 68.7 Å². The molecule has 0 radical (unpaired) electrons. The first-order valence-corrected chi connectivity index (χ1v) is 17.3. The topological polar surface area (TPSA) is 38.7 Å². The number of hydrogen-bond donors (Lipinski definition) is 0. The molecule has 4 heteroatoms. The van der Waals surface area contributed by atoms with Crippen LogP contribution in [0.15, 0.2) is 164 Å². The highest BCUT2D eigenvalue weighted by atomic mass is 32.1. The molecule has 49 heavy (non-hydrogen) atoms. The van der Waals surface area contributed by atoms with Gasteiger partial charge in [-0.15, -0.1) is 11.3 Å². The summed E-state index contributed by atoms with van der Waals surface area (Å²) in [4.78, 5) is 15.3. The van der Waals surface area contributed by atoms with Crippen LogP contribution in [-0.4, -0.2) is 15.0 Å². The number of nitrogens with zero attached hydrogens (tertiary/aromatic N) is 3. The molecule has 0 aliphatic heterocycles. The fourth-order valence-electron chi connectivity index (χ4n) is 7.26. The van der Waals surface area contributed by atoms with E-state index in [2.05, 4.69) is 152 Å². The molecule has 7 aromatic carbocycles. The Kier molecular flexibility index (Phi) is 6.36. The second-order valence-corrected chi connectivity index (χ2v) is 13.4. The number of benzene rings is 7. The van der Waals surface area contributed by atoms with E-state index in [0.29, 0.717) is 0 Å². The molecule has 3 heterocycles. The normalized spacial score (nSPS) is 11.7. The average molecular weight is 642 g/mol. The Labute approximate surface area is 286 Å². The third-order valence-electron chi connectivity index (χ3n) is 9.53. The number of thiophene rings is 1. The SMILES string of the molecule is c1ccc(-c2nc(-c3ccc(-c4cccc(-c5cc6cccnc6c6ccccc56)c4)c4ccccc34)nc3c2sc2ccccc23)cc1. The van der Waals surface area contributed by atoms with Crippen LogP contribution in [-0.2, 0) is 0 Å². The fraction of sp³-hybridized carbons (Fsp3) is 0. The Bertz CT molecular complexity index is 2890. The highest BCUT2D eigenvalue weighted by Gasteiger charge is 2.19. The van der Waals surface area contributed by atoms with E-state index in [1.165, 1.54) is 43.1 Å². The molecular weight excluding hydrogens is 615 g/mol. The van der Waals surface area contributed by atoms with Crippen LogP contribution < -0.4 is 0 Å². The van der Waals surface area contributed by atoms with Crippen molar-refractivity contribution in [1.29, 1.82) is 0 Å². The first kappa shape index (κ1) is 27.8. The van der Waals surface area contributed by atoms with Gasteiger partial charge in [-0.25, -0.2) is 9.97 Å². The molecule has 0 saturated heterocycles. The number of aromatic nitrogens is 3. The molecule has 0 saturated carbocycles. The highest BCUT2D eigenvalue weighted by molar-refractivity contribution is 7.26. The molecule has 0 N–H and O–H groups in total. The van der Waals surface area contributed by atoms with Crippen molar-refractivity contribution in [3.8, 4) is 44.9 Å². The summed E-state index contributed by atoms with van der Waals surface area (Å²) < 4.78 is 2.34. The van der Waals surface area contributed by atoms with Crippen molar-refractivity contribution in [3.05, 3.63) is 164 Å². The van der Waals surface area contributed by atoms with Crippen LogP contribution in [0.3, 0.4) is 0 Å². The Morgan fingerprint density at radius 3 is 1.86 bits per heavy atom. The Morgan fingerprint density at radius 1 is 0.408 bits per heavy atom. The lowest BCUT2D eigenvalue weighted by Crippen LogP contribution is -1.95. The highest BCUT2D eigenvalue weighted by Crippen LogP contribution is 2.42. The van der Waals surface area contributed by atoms with Gasteiger partial charge < -0.3 is 0 Å². The lowest BCUT2D eigenvalue weighted by atomic mass is 9.91. The standard InChI is InChI=1S/C45H27N3S/c1-2-12-28(13-3-1)42-44-43(38-21-8-9-22-40(38)49-44)48-45(47-42)37-24-23-32(33-17-4-5-18-34(33)37)29-14-10-15-30(26-29)39-27-31-16-11-25-46-41(31)36-20-7-6-19-35(36)39/h1-27H. The second-order valence-electron chi connectivity index (χ2n) is 12.4. The van der Waals surface area contributed by atoms with E-state index < -0.39 is 0 Å². The molecule has 0 spiro atoms. The maximum Gasteiger partial charge on any atom is 0.161 e. The van der Waals surface area contributed by atoms with Gasteiger partial charge in [0, 0.05) is 38.2 Å². The number of hydrogen-bond acceptors (Lipinski definition) is 4. The second kappa shape index (κ2) is 11.2. The minimum absolute atomic E-state index is 0.739. The van der Waals surface area contributed by atoms with E-state index in [9.17, 15) is 0 Å². The summed E-state index contributed by atoms with van der Waals surface area (Å²) >= 11 is 1.76. The third-order valence-corrected chi connectivity index (χ3v) is 10.7. The molecule has 0 bridgehead atoms. The molecule has 0 aliphatic carbocycles. The van der Waals surface area contributed by atoms with Crippen molar-refractivity contribution < 1.29 is 0 Å². The van der Waals surface area contributed by atoms with Crippen molar-refractivity contribution in [1.82, 2.24) is 15.0 Å². The zero-order chi connectivity index (χ0) is 32.3. The number of fused-ring (bicyclic) bond motifs is 7. The maximum absolute atomic E-state index is 5.29. The average Bonchev–Trinajstić information content (AvgIpc) is 3.56. The van der Waals surface area contributed by atoms with Crippen molar-refractivity contribution >= 4 is 64.1 Å². The monoisotopic (exact) mass is 641 g/mol. The van der Waals surface area contributed by atoms with Crippen LogP contribution in [0.1, 0.15) is 0 Å². The molecule has 3 nitrogen and oxygen atoms in total. The molecule has 3 aromatic heterocycles. The van der Waals surface area contributed by atoms with E-state index >= 15 is 0 Å². The van der Waals surface area contributed by atoms with Gasteiger partial charge >= 0.3 is 0 Å². The minimum atomic E-state index is 0.739. The van der Waals surface area contributed by atoms with Crippen molar-refractivity contribution in [2.24, 2.45) is 0 Å². The summed E-state index contributed by atoms with van der Waals surface area (Å²) in [5.41, 5.74) is 9.86. The molecular formula is C45H27N3S. The van der Waals surface area contributed by atoms with Gasteiger partial charge in [0.1, 0.15) is 0 Å². The summed E-state index contributed by atoms with van der Waals surface area (Å²) in [6, 6.07) is 56.0. The molecule has 0 aliphatic rings. The van der Waals surface area contributed by atoms with Crippen LogP contribution in [0.2, 0.25) is 0 Å². The summed E-state index contributed by atoms with van der Waals surface area (Å²) in [5.74, 6) is 0.739. The van der Waals surface area contributed by atoms with E-state index in [-0.39, 0.29) is 0 Å². The lowest BCUT2D eigenvalue weighted by Gasteiger charge is -2.14. The van der Waals surface area contributed by atoms with E-state index in [1.54, 1.807) is 11.3 Å². The van der Waals surface area contributed by atoms with Gasteiger partial charge in [-0.3, -0.25) is 4.98 Å². The van der Waals surface area contributed by atoms with Gasteiger partial charge in [0.25, 0.3) is 0 Å². The summed E-state index contributed by atoms with van der Waals surface area (Å²) in [6.45, 7) is 0. The predicted molar refractivity (Wildman–Crippen MR) is 207 cm³/mol. The van der Waals surface area contributed by atoms with Crippen LogP contribution in [0.25, 0.3) is 97.6 Å². The van der Waals surface area contributed by atoms with Crippen molar-refractivity contribution in [3.63, 3.8) is 0 Å². The first-order valence-electron chi connectivity index (χ1n) is 16.4. The summed E-state index contributed by atoms with van der Waals surface area (Å²) in [6.07, 6.45) is 1.87. The Balaban J connectivity index is 1.17. The summed E-state index contributed by atoms with van der Waals surface area (Å²) in [7, 11) is 0. The van der Waals surface area contributed by atoms with Gasteiger partial charge in [0.15, 0.2) is 5.82 Å².